The number of nitrogen functional groups attached to an aromatic ring is 1. The van der Waals surface area contributed by atoms with Crippen LogP contribution in [0.25, 0.3) is 17.2 Å². The maximum atomic E-state index is 5.90. The van der Waals surface area contributed by atoms with Crippen LogP contribution in [0.4, 0.5) is 5.69 Å². The summed E-state index contributed by atoms with van der Waals surface area (Å²) in [6, 6.07) is 14.8. The van der Waals surface area contributed by atoms with Crippen LogP contribution in [0.3, 0.4) is 0 Å². The molecule has 0 saturated heterocycles. The maximum Gasteiger partial charge on any atom is 0.0320 e. The van der Waals surface area contributed by atoms with Gasteiger partial charge in [-0.3, -0.25) is 0 Å². The SMILES string of the molecule is C=C(C)c1cc(N)ccc1/C=C(\C)c1cccc(CCC)c1. The lowest BCUT2D eigenvalue weighted by Crippen LogP contribution is -1.91. The third-order valence-corrected chi connectivity index (χ3v) is 3.83. The molecule has 2 aromatic carbocycles. The lowest BCUT2D eigenvalue weighted by Gasteiger charge is -2.10. The fourth-order valence-corrected chi connectivity index (χ4v) is 2.65. The van der Waals surface area contributed by atoms with Crippen LogP contribution in [0.2, 0.25) is 0 Å². The Balaban J connectivity index is 2.40. The first kappa shape index (κ1) is 16.1. The molecule has 0 unspecified atom stereocenters. The highest BCUT2D eigenvalue weighted by atomic mass is 14.5. The summed E-state index contributed by atoms with van der Waals surface area (Å²) in [5, 5.41) is 0. The number of nitrogens with two attached hydrogens (primary N) is 1. The van der Waals surface area contributed by atoms with Crippen molar-refractivity contribution in [1.29, 1.82) is 0 Å². The summed E-state index contributed by atoms with van der Waals surface area (Å²) in [4.78, 5) is 0. The van der Waals surface area contributed by atoms with Crippen molar-refractivity contribution in [2.45, 2.75) is 33.6 Å². The third kappa shape index (κ3) is 3.88. The van der Waals surface area contributed by atoms with Crippen LogP contribution in [-0.4, -0.2) is 0 Å². The van der Waals surface area contributed by atoms with E-state index in [1.54, 1.807) is 0 Å². The molecular weight excluding hydrogens is 266 g/mol. The van der Waals surface area contributed by atoms with Crippen LogP contribution >= 0.6 is 0 Å². The summed E-state index contributed by atoms with van der Waals surface area (Å²) < 4.78 is 0. The highest BCUT2D eigenvalue weighted by Crippen LogP contribution is 2.26. The maximum absolute atomic E-state index is 5.90. The van der Waals surface area contributed by atoms with E-state index in [4.69, 9.17) is 5.73 Å². The van der Waals surface area contributed by atoms with Crippen molar-refractivity contribution in [2.75, 3.05) is 5.73 Å². The number of benzene rings is 2. The minimum Gasteiger partial charge on any atom is -0.399 e. The van der Waals surface area contributed by atoms with Crippen molar-refractivity contribution in [3.05, 3.63) is 71.3 Å². The third-order valence-electron chi connectivity index (χ3n) is 3.83. The van der Waals surface area contributed by atoms with Crippen LogP contribution in [0.5, 0.6) is 0 Å². The van der Waals surface area contributed by atoms with Gasteiger partial charge < -0.3 is 5.73 Å². The molecule has 0 aliphatic heterocycles. The first-order chi connectivity index (χ1) is 10.5. The fraction of sp³-hybridized carbons (Fsp3) is 0.238. The minimum atomic E-state index is 0.776. The second-order valence-corrected chi connectivity index (χ2v) is 5.90. The Morgan fingerprint density at radius 3 is 2.59 bits per heavy atom. The molecule has 0 aromatic heterocycles. The summed E-state index contributed by atoms with van der Waals surface area (Å²) in [6.07, 6.45) is 4.51. The normalized spacial score (nSPS) is 11.5. The molecule has 0 amide bonds. The van der Waals surface area contributed by atoms with Gasteiger partial charge >= 0.3 is 0 Å². The zero-order valence-corrected chi connectivity index (χ0v) is 13.8. The van der Waals surface area contributed by atoms with Crippen molar-refractivity contribution in [2.24, 2.45) is 0 Å². The Morgan fingerprint density at radius 2 is 1.91 bits per heavy atom. The molecule has 0 aliphatic rings. The van der Waals surface area contributed by atoms with E-state index in [1.807, 2.05) is 19.1 Å². The Bertz CT molecular complexity index is 708. The van der Waals surface area contributed by atoms with E-state index in [-0.39, 0.29) is 0 Å². The van der Waals surface area contributed by atoms with Crippen molar-refractivity contribution in [3.8, 4) is 0 Å². The van der Waals surface area contributed by atoms with Gasteiger partial charge in [-0.15, -0.1) is 0 Å². The topological polar surface area (TPSA) is 26.0 Å². The van der Waals surface area contributed by atoms with Crippen LogP contribution in [0, 0.1) is 0 Å². The van der Waals surface area contributed by atoms with E-state index in [0.717, 1.165) is 23.2 Å². The van der Waals surface area contributed by atoms with Gasteiger partial charge in [0.2, 0.25) is 0 Å². The van der Waals surface area contributed by atoms with Gasteiger partial charge in [-0.2, -0.15) is 0 Å². The molecule has 114 valence electrons. The number of allylic oxidation sites excluding steroid dienone is 2. The summed E-state index contributed by atoms with van der Waals surface area (Å²) in [6.45, 7) is 10.4. The molecule has 0 bridgehead atoms. The summed E-state index contributed by atoms with van der Waals surface area (Å²) in [5.74, 6) is 0. The molecular formula is C21H25N. The second-order valence-electron chi connectivity index (χ2n) is 5.90. The monoisotopic (exact) mass is 291 g/mol. The van der Waals surface area contributed by atoms with Gasteiger partial charge in [-0.25, -0.2) is 0 Å². The number of aryl methyl sites for hydroxylation is 1. The Hall–Kier alpha value is -2.28. The molecule has 22 heavy (non-hydrogen) atoms. The van der Waals surface area contributed by atoms with Crippen LogP contribution in [0.15, 0.2) is 49.0 Å². The summed E-state index contributed by atoms with van der Waals surface area (Å²) in [5.41, 5.74) is 13.9. The van der Waals surface area contributed by atoms with Crippen molar-refractivity contribution in [3.63, 3.8) is 0 Å². The number of hydrogen-bond donors (Lipinski definition) is 1. The molecule has 0 spiro atoms. The molecule has 1 heteroatoms. The van der Waals surface area contributed by atoms with E-state index in [2.05, 4.69) is 56.8 Å². The Kier molecular flexibility index (Phi) is 5.21. The molecule has 2 rings (SSSR count). The van der Waals surface area contributed by atoms with Gasteiger partial charge in [0, 0.05) is 5.69 Å². The minimum absolute atomic E-state index is 0.776. The van der Waals surface area contributed by atoms with E-state index in [0.29, 0.717) is 0 Å². The molecule has 0 saturated carbocycles. The first-order valence-corrected chi connectivity index (χ1v) is 7.84. The summed E-state index contributed by atoms with van der Waals surface area (Å²) in [7, 11) is 0. The van der Waals surface area contributed by atoms with Crippen molar-refractivity contribution < 1.29 is 0 Å². The van der Waals surface area contributed by atoms with Gasteiger partial charge in [0.05, 0.1) is 0 Å². The predicted octanol–water partition coefficient (Wildman–Crippen LogP) is 5.81. The zero-order valence-electron chi connectivity index (χ0n) is 13.8. The van der Waals surface area contributed by atoms with Gasteiger partial charge in [-0.05, 0) is 60.2 Å². The zero-order chi connectivity index (χ0) is 16.1. The Labute approximate surface area is 134 Å². The largest absolute Gasteiger partial charge is 0.399 e. The van der Waals surface area contributed by atoms with E-state index in [1.165, 1.54) is 28.7 Å². The van der Waals surface area contributed by atoms with Crippen LogP contribution in [-0.2, 0) is 6.42 Å². The first-order valence-electron chi connectivity index (χ1n) is 7.84. The fourth-order valence-electron chi connectivity index (χ4n) is 2.65. The Morgan fingerprint density at radius 1 is 1.14 bits per heavy atom. The van der Waals surface area contributed by atoms with Gasteiger partial charge in [0.1, 0.15) is 0 Å². The average molecular weight is 291 g/mol. The van der Waals surface area contributed by atoms with E-state index >= 15 is 0 Å². The van der Waals surface area contributed by atoms with Crippen LogP contribution in [0.1, 0.15) is 49.4 Å². The van der Waals surface area contributed by atoms with E-state index < -0.39 is 0 Å². The van der Waals surface area contributed by atoms with Crippen molar-refractivity contribution >= 4 is 22.9 Å². The molecule has 0 fully saturated rings. The number of anilines is 1. The lowest BCUT2D eigenvalue weighted by atomic mass is 9.96. The van der Waals surface area contributed by atoms with Crippen molar-refractivity contribution in [1.82, 2.24) is 0 Å². The average Bonchev–Trinajstić information content (AvgIpc) is 2.49. The predicted molar refractivity (Wildman–Crippen MR) is 99.5 cm³/mol. The van der Waals surface area contributed by atoms with Gasteiger partial charge in [-0.1, -0.05) is 61.9 Å². The highest BCUT2D eigenvalue weighted by molar-refractivity contribution is 5.85. The molecule has 0 radical (unpaired) electrons. The number of hydrogen-bond acceptors (Lipinski definition) is 1. The summed E-state index contributed by atoms with van der Waals surface area (Å²) >= 11 is 0. The number of rotatable bonds is 5. The second kappa shape index (κ2) is 7.13. The smallest absolute Gasteiger partial charge is 0.0320 e. The molecule has 2 N–H and O–H groups in total. The molecule has 2 aromatic rings. The quantitative estimate of drug-likeness (QED) is 0.545. The molecule has 0 atom stereocenters. The standard InChI is InChI=1S/C21H25N/c1-5-7-17-8-6-9-18(13-17)16(4)12-19-10-11-20(22)14-21(19)15(2)3/h6,8-14H,2,5,7,22H2,1,3-4H3/b16-12+. The highest BCUT2D eigenvalue weighted by Gasteiger charge is 2.04. The van der Waals surface area contributed by atoms with Gasteiger partial charge in [0.25, 0.3) is 0 Å². The molecule has 0 aliphatic carbocycles. The van der Waals surface area contributed by atoms with Crippen LogP contribution < -0.4 is 5.73 Å². The lowest BCUT2D eigenvalue weighted by molar-refractivity contribution is 0.921. The van der Waals surface area contributed by atoms with Gasteiger partial charge in [0.15, 0.2) is 0 Å². The molecule has 1 nitrogen and oxygen atoms in total. The van der Waals surface area contributed by atoms with E-state index in [9.17, 15) is 0 Å². The molecule has 0 heterocycles.